The third-order valence-corrected chi connectivity index (χ3v) is 6.03. The molecule has 6 nitrogen and oxygen atoms in total. The van der Waals surface area contributed by atoms with Gasteiger partial charge in [-0.15, -0.1) is 0 Å². The van der Waals surface area contributed by atoms with Crippen molar-refractivity contribution in [2.24, 2.45) is 0 Å². The number of nitrogens with one attached hydrogen (secondary N) is 1. The highest BCUT2D eigenvalue weighted by molar-refractivity contribution is 9.10. The number of halogens is 2. The number of fused-ring (bicyclic) bond motifs is 1. The van der Waals surface area contributed by atoms with Crippen molar-refractivity contribution in [1.29, 1.82) is 5.26 Å². The third kappa shape index (κ3) is 5.10. The van der Waals surface area contributed by atoms with E-state index in [9.17, 15) is 0 Å². The first-order valence-electron chi connectivity index (χ1n) is 10.3. The average molecular weight is 510 g/mol. The van der Waals surface area contributed by atoms with Crippen molar-refractivity contribution < 1.29 is 0 Å². The Labute approximate surface area is 200 Å². The van der Waals surface area contributed by atoms with Gasteiger partial charge < -0.3 is 10.2 Å². The second kappa shape index (κ2) is 10.1. The summed E-state index contributed by atoms with van der Waals surface area (Å²) in [6.07, 6.45) is 2.70. The molecule has 0 fully saturated rings. The standard InChI is InChI=1S/C24H22BrClN6/c1-31(16-18-9-7-17(14-27)8-10-18)12-4-11-28-23-13-22(19-5-2-3-6-21(19)26)30-24-20(25)15-29-32(23)24/h2-3,5-10,13,15,28H,4,11-12,16H2,1H3. The number of hydrogen-bond donors (Lipinski definition) is 1. The molecule has 0 aliphatic rings. The van der Waals surface area contributed by atoms with Gasteiger partial charge in [-0.2, -0.15) is 14.9 Å². The van der Waals surface area contributed by atoms with Crippen LogP contribution in [0.15, 0.2) is 65.3 Å². The zero-order valence-electron chi connectivity index (χ0n) is 17.6. The minimum atomic E-state index is 0.662. The van der Waals surface area contributed by atoms with Crippen LogP contribution < -0.4 is 5.32 Å². The summed E-state index contributed by atoms with van der Waals surface area (Å²) < 4.78 is 2.63. The fourth-order valence-corrected chi connectivity index (χ4v) is 4.09. The molecule has 2 heterocycles. The highest BCUT2D eigenvalue weighted by Gasteiger charge is 2.13. The molecule has 0 saturated heterocycles. The smallest absolute Gasteiger partial charge is 0.172 e. The van der Waals surface area contributed by atoms with Crippen LogP contribution in [-0.4, -0.2) is 39.6 Å². The van der Waals surface area contributed by atoms with Crippen LogP contribution in [-0.2, 0) is 6.54 Å². The largest absolute Gasteiger partial charge is 0.370 e. The maximum absolute atomic E-state index is 8.92. The van der Waals surface area contributed by atoms with Crippen molar-refractivity contribution in [3.8, 4) is 17.3 Å². The van der Waals surface area contributed by atoms with Crippen molar-refractivity contribution in [3.63, 3.8) is 0 Å². The Balaban J connectivity index is 1.41. The Kier molecular flexibility index (Phi) is 7.05. The number of hydrogen-bond acceptors (Lipinski definition) is 5. The zero-order chi connectivity index (χ0) is 22.5. The number of nitrogens with zero attached hydrogens (tertiary/aromatic N) is 5. The SMILES string of the molecule is CN(CCCNc1cc(-c2ccccc2Cl)nc2c(Br)cnn12)Cc1ccc(C#N)cc1. The van der Waals surface area contributed by atoms with Gasteiger partial charge in [0.05, 0.1) is 28.0 Å². The minimum Gasteiger partial charge on any atom is -0.370 e. The summed E-state index contributed by atoms with van der Waals surface area (Å²) in [7, 11) is 2.10. The van der Waals surface area contributed by atoms with Crippen LogP contribution in [0.2, 0.25) is 5.02 Å². The maximum atomic E-state index is 8.92. The van der Waals surface area contributed by atoms with E-state index in [0.29, 0.717) is 10.6 Å². The van der Waals surface area contributed by atoms with E-state index in [1.54, 1.807) is 10.7 Å². The maximum Gasteiger partial charge on any atom is 0.172 e. The van der Waals surface area contributed by atoms with Gasteiger partial charge in [0.15, 0.2) is 5.65 Å². The summed E-state index contributed by atoms with van der Waals surface area (Å²) >= 11 is 9.94. The van der Waals surface area contributed by atoms with Crippen LogP contribution >= 0.6 is 27.5 Å². The summed E-state index contributed by atoms with van der Waals surface area (Å²) in [6.45, 7) is 2.56. The van der Waals surface area contributed by atoms with Gasteiger partial charge in [0, 0.05) is 29.7 Å². The summed E-state index contributed by atoms with van der Waals surface area (Å²) in [5.41, 5.74) is 4.30. The Morgan fingerprint density at radius 3 is 2.72 bits per heavy atom. The Bertz CT molecular complexity index is 1260. The highest BCUT2D eigenvalue weighted by Crippen LogP contribution is 2.30. The number of rotatable bonds is 8. The molecule has 4 rings (SSSR count). The topological polar surface area (TPSA) is 69.2 Å². The zero-order valence-corrected chi connectivity index (χ0v) is 19.9. The molecule has 4 aromatic rings. The Morgan fingerprint density at radius 2 is 1.97 bits per heavy atom. The lowest BCUT2D eigenvalue weighted by Crippen LogP contribution is -2.21. The van der Waals surface area contributed by atoms with Gasteiger partial charge in [0.25, 0.3) is 0 Å². The Hall–Kier alpha value is -2.92. The molecule has 2 aromatic carbocycles. The molecule has 162 valence electrons. The molecule has 0 aliphatic carbocycles. The normalized spacial score (nSPS) is 11.1. The molecule has 32 heavy (non-hydrogen) atoms. The van der Waals surface area contributed by atoms with Crippen LogP contribution in [0, 0.1) is 11.3 Å². The van der Waals surface area contributed by atoms with E-state index in [1.165, 1.54) is 5.56 Å². The molecular weight excluding hydrogens is 488 g/mol. The first kappa shape index (κ1) is 22.3. The average Bonchev–Trinajstić information content (AvgIpc) is 3.18. The number of nitriles is 1. The molecule has 0 aliphatic heterocycles. The molecule has 0 radical (unpaired) electrons. The lowest BCUT2D eigenvalue weighted by atomic mass is 10.1. The van der Waals surface area contributed by atoms with Crippen molar-refractivity contribution in [3.05, 3.63) is 81.4 Å². The highest BCUT2D eigenvalue weighted by atomic mass is 79.9. The predicted molar refractivity (Wildman–Crippen MR) is 132 cm³/mol. The van der Waals surface area contributed by atoms with E-state index in [2.05, 4.69) is 44.4 Å². The second-order valence-electron chi connectivity index (χ2n) is 7.56. The molecule has 0 saturated carbocycles. The van der Waals surface area contributed by atoms with E-state index in [-0.39, 0.29) is 0 Å². The summed E-state index contributed by atoms with van der Waals surface area (Å²) in [5.74, 6) is 0.866. The van der Waals surface area contributed by atoms with Gasteiger partial charge >= 0.3 is 0 Å². The van der Waals surface area contributed by atoms with Crippen molar-refractivity contribution >= 4 is 39.0 Å². The molecule has 0 atom stereocenters. The van der Waals surface area contributed by atoms with Gasteiger partial charge in [0.1, 0.15) is 5.82 Å². The van der Waals surface area contributed by atoms with Crippen LogP contribution in [0.25, 0.3) is 16.9 Å². The van der Waals surface area contributed by atoms with Crippen LogP contribution in [0.5, 0.6) is 0 Å². The predicted octanol–water partition coefficient (Wildman–Crippen LogP) is 5.62. The van der Waals surface area contributed by atoms with E-state index in [1.807, 2.05) is 54.6 Å². The molecule has 0 unspecified atom stereocenters. The quantitative estimate of drug-likeness (QED) is 0.312. The van der Waals surface area contributed by atoms with Crippen LogP contribution in [0.1, 0.15) is 17.5 Å². The fraction of sp³-hybridized carbons (Fsp3) is 0.208. The third-order valence-electron chi connectivity index (χ3n) is 5.14. The van der Waals surface area contributed by atoms with Crippen LogP contribution in [0.4, 0.5) is 5.82 Å². The molecule has 1 N–H and O–H groups in total. The summed E-state index contributed by atoms with van der Waals surface area (Å²) in [5, 5.41) is 17.5. The van der Waals surface area contributed by atoms with Crippen LogP contribution in [0.3, 0.4) is 0 Å². The van der Waals surface area contributed by atoms with Gasteiger partial charge in [0.2, 0.25) is 0 Å². The molecule has 0 amide bonds. The number of aromatic nitrogens is 3. The first-order chi connectivity index (χ1) is 15.5. The van der Waals surface area contributed by atoms with Gasteiger partial charge in [-0.25, -0.2) is 4.98 Å². The molecule has 8 heteroatoms. The van der Waals surface area contributed by atoms with Gasteiger partial charge in [-0.1, -0.05) is 41.9 Å². The summed E-state index contributed by atoms with van der Waals surface area (Å²) in [6, 6.07) is 19.6. The van der Waals surface area contributed by atoms with Crippen molar-refractivity contribution in [1.82, 2.24) is 19.5 Å². The number of anilines is 1. The first-order valence-corrected chi connectivity index (χ1v) is 11.4. The monoisotopic (exact) mass is 508 g/mol. The van der Waals surface area contributed by atoms with Crippen molar-refractivity contribution in [2.75, 3.05) is 25.5 Å². The molecular formula is C24H22BrClN6. The van der Waals surface area contributed by atoms with Gasteiger partial charge in [-0.05, 0) is 59.7 Å². The molecule has 0 spiro atoms. The number of benzene rings is 2. The van der Waals surface area contributed by atoms with Crippen molar-refractivity contribution in [2.45, 2.75) is 13.0 Å². The summed E-state index contributed by atoms with van der Waals surface area (Å²) in [4.78, 5) is 7.01. The molecule has 2 aromatic heterocycles. The minimum absolute atomic E-state index is 0.662. The lowest BCUT2D eigenvalue weighted by Gasteiger charge is -2.17. The Morgan fingerprint density at radius 1 is 1.19 bits per heavy atom. The fourth-order valence-electron chi connectivity index (χ4n) is 3.51. The van der Waals surface area contributed by atoms with E-state index < -0.39 is 0 Å². The van der Waals surface area contributed by atoms with E-state index in [4.69, 9.17) is 21.8 Å². The van der Waals surface area contributed by atoms with E-state index in [0.717, 1.165) is 53.3 Å². The second-order valence-corrected chi connectivity index (χ2v) is 8.82. The lowest BCUT2D eigenvalue weighted by molar-refractivity contribution is 0.325. The van der Waals surface area contributed by atoms with Gasteiger partial charge in [-0.3, -0.25) is 0 Å². The molecule has 0 bridgehead atoms. The van der Waals surface area contributed by atoms with E-state index >= 15 is 0 Å².